The number of hydrogen-bond donors (Lipinski definition) is 1. The molecule has 1 rings (SSSR count). The molecule has 8 heteroatoms. The molecule has 0 aliphatic carbocycles. The van der Waals surface area contributed by atoms with Crippen LogP contribution in [0.25, 0.3) is 0 Å². The zero-order valence-corrected chi connectivity index (χ0v) is 13.4. The van der Waals surface area contributed by atoms with E-state index in [2.05, 4.69) is 5.32 Å². The summed E-state index contributed by atoms with van der Waals surface area (Å²) in [7, 11) is -7.21. The van der Waals surface area contributed by atoms with Crippen LogP contribution in [0.2, 0.25) is 0 Å². The van der Waals surface area contributed by atoms with Crippen LogP contribution < -0.4 is 5.32 Å². The van der Waals surface area contributed by atoms with Gasteiger partial charge in [0.25, 0.3) is 0 Å². The van der Waals surface area contributed by atoms with Crippen molar-refractivity contribution in [1.29, 1.82) is 0 Å². The summed E-state index contributed by atoms with van der Waals surface area (Å²) in [4.78, 5) is 0. The molecule has 1 heterocycles. The summed E-state index contributed by atoms with van der Waals surface area (Å²) >= 11 is 0. The summed E-state index contributed by atoms with van der Waals surface area (Å²) in [5.41, 5.74) is 0. The molecular formula is C11H24N2O4S2. The lowest BCUT2D eigenvalue weighted by molar-refractivity contribution is 0.257. The Balaban J connectivity index is 2.64. The Morgan fingerprint density at radius 1 is 1.26 bits per heavy atom. The number of hydrogen-bond acceptors (Lipinski definition) is 5. The van der Waals surface area contributed by atoms with Crippen LogP contribution >= 0.6 is 0 Å². The lowest BCUT2D eigenvalue weighted by atomic mass is 9.99. The molecule has 1 atom stereocenters. The highest BCUT2D eigenvalue weighted by Crippen LogP contribution is 2.19. The Bertz CT molecular complexity index is 485. The van der Waals surface area contributed by atoms with Gasteiger partial charge in [0.1, 0.15) is 0 Å². The van der Waals surface area contributed by atoms with E-state index in [9.17, 15) is 16.8 Å². The van der Waals surface area contributed by atoms with Crippen molar-refractivity contribution in [3.8, 4) is 0 Å². The Morgan fingerprint density at radius 3 is 2.42 bits per heavy atom. The SMILES string of the molecule is CC(C)NCC1CCCN(S(=O)(=O)CS(C)(=O)=O)C1. The van der Waals surface area contributed by atoms with Crippen molar-refractivity contribution >= 4 is 19.9 Å². The minimum absolute atomic E-state index is 0.255. The molecule has 0 radical (unpaired) electrons. The molecule has 0 aromatic carbocycles. The molecule has 114 valence electrons. The predicted octanol–water partition coefficient (Wildman–Crippen LogP) is 0.0283. The fourth-order valence-corrected chi connectivity index (χ4v) is 5.80. The van der Waals surface area contributed by atoms with Crippen molar-refractivity contribution in [2.45, 2.75) is 32.7 Å². The van der Waals surface area contributed by atoms with Gasteiger partial charge in [-0.05, 0) is 25.3 Å². The molecule has 1 fully saturated rings. The van der Waals surface area contributed by atoms with E-state index in [1.54, 1.807) is 0 Å². The lowest BCUT2D eigenvalue weighted by Gasteiger charge is -2.32. The third-order valence-electron chi connectivity index (χ3n) is 3.05. The van der Waals surface area contributed by atoms with Crippen LogP contribution in [-0.2, 0) is 19.9 Å². The molecule has 0 bridgehead atoms. The van der Waals surface area contributed by atoms with Crippen molar-refractivity contribution in [3.05, 3.63) is 0 Å². The molecule has 1 aliphatic rings. The molecule has 1 saturated heterocycles. The molecule has 0 amide bonds. The van der Waals surface area contributed by atoms with E-state index in [1.807, 2.05) is 13.8 Å². The van der Waals surface area contributed by atoms with Gasteiger partial charge in [-0.2, -0.15) is 0 Å². The average Bonchev–Trinajstić information content (AvgIpc) is 2.23. The van der Waals surface area contributed by atoms with Crippen LogP contribution in [0.3, 0.4) is 0 Å². The Labute approximate surface area is 116 Å². The highest BCUT2D eigenvalue weighted by Gasteiger charge is 2.31. The third kappa shape index (κ3) is 6.20. The molecule has 1 N–H and O–H groups in total. The van der Waals surface area contributed by atoms with Gasteiger partial charge in [0, 0.05) is 25.4 Å². The van der Waals surface area contributed by atoms with Crippen molar-refractivity contribution in [2.75, 3.05) is 31.0 Å². The Kier molecular flexibility index (Phi) is 5.78. The van der Waals surface area contributed by atoms with Crippen molar-refractivity contribution in [3.63, 3.8) is 0 Å². The van der Waals surface area contributed by atoms with Gasteiger partial charge in [-0.15, -0.1) is 0 Å². The summed E-state index contributed by atoms with van der Waals surface area (Å²) in [5, 5.41) is 2.51. The second-order valence-corrected chi connectivity index (χ2v) is 10.1. The molecule has 0 saturated carbocycles. The van der Waals surface area contributed by atoms with Gasteiger partial charge in [0.2, 0.25) is 10.0 Å². The summed E-state index contributed by atoms with van der Waals surface area (Å²) in [6.45, 7) is 5.69. The summed E-state index contributed by atoms with van der Waals surface area (Å²) < 4.78 is 47.7. The monoisotopic (exact) mass is 312 g/mol. The highest BCUT2D eigenvalue weighted by molar-refractivity contribution is 8.06. The zero-order chi connectivity index (χ0) is 14.7. The van der Waals surface area contributed by atoms with Crippen LogP contribution in [-0.4, -0.2) is 58.2 Å². The maximum absolute atomic E-state index is 12.0. The Hall–Kier alpha value is -0.180. The zero-order valence-electron chi connectivity index (χ0n) is 11.8. The van der Waals surface area contributed by atoms with E-state index < -0.39 is 24.9 Å². The van der Waals surface area contributed by atoms with E-state index in [0.717, 1.165) is 25.6 Å². The van der Waals surface area contributed by atoms with Gasteiger partial charge in [-0.3, -0.25) is 0 Å². The van der Waals surface area contributed by atoms with Gasteiger partial charge in [0.05, 0.1) is 0 Å². The molecule has 1 unspecified atom stereocenters. The predicted molar refractivity (Wildman–Crippen MR) is 76.1 cm³/mol. The third-order valence-corrected chi connectivity index (χ3v) is 7.08. The molecule has 6 nitrogen and oxygen atoms in total. The second-order valence-electron chi connectivity index (χ2n) is 5.58. The molecule has 1 aliphatic heterocycles. The lowest BCUT2D eigenvalue weighted by Crippen LogP contribution is -2.45. The first-order valence-electron chi connectivity index (χ1n) is 6.49. The van der Waals surface area contributed by atoms with Crippen molar-refractivity contribution in [1.82, 2.24) is 9.62 Å². The van der Waals surface area contributed by atoms with Crippen molar-refractivity contribution < 1.29 is 16.8 Å². The van der Waals surface area contributed by atoms with Gasteiger partial charge < -0.3 is 5.32 Å². The first-order valence-corrected chi connectivity index (χ1v) is 10.2. The largest absolute Gasteiger partial charge is 0.314 e. The summed E-state index contributed by atoms with van der Waals surface area (Å²) in [6.07, 6.45) is 2.71. The van der Waals surface area contributed by atoms with E-state index in [1.165, 1.54) is 4.31 Å². The molecule has 0 spiro atoms. The first-order chi connectivity index (χ1) is 8.60. The minimum Gasteiger partial charge on any atom is -0.314 e. The normalized spacial score (nSPS) is 22.8. The topological polar surface area (TPSA) is 83.6 Å². The standard InChI is InChI=1S/C11H24N2O4S2/c1-10(2)12-7-11-5-4-6-13(8-11)19(16,17)9-18(3,14)15/h10-12H,4-9H2,1-3H3. The fraction of sp³-hybridized carbons (Fsp3) is 1.00. The summed E-state index contributed by atoms with van der Waals surface area (Å²) in [5.74, 6) is 0.255. The van der Waals surface area contributed by atoms with Crippen LogP contribution in [0.5, 0.6) is 0 Å². The number of rotatable bonds is 6. The number of sulfone groups is 1. The molecule has 0 aromatic heterocycles. The van der Waals surface area contributed by atoms with Gasteiger partial charge >= 0.3 is 0 Å². The minimum atomic E-state index is -3.69. The average molecular weight is 312 g/mol. The number of nitrogens with one attached hydrogen (secondary N) is 1. The molecule has 19 heavy (non-hydrogen) atoms. The second kappa shape index (κ2) is 6.51. The quantitative estimate of drug-likeness (QED) is 0.748. The molecular weight excluding hydrogens is 288 g/mol. The van der Waals surface area contributed by atoms with E-state index >= 15 is 0 Å². The number of nitrogens with zero attached hydrogens (tertiary/aromatic N) is 1. The van der Waals surface area contributed by atoms with Gasteiger partial charge in [0.15, 0.2) is 14.9 Å². The van der Waals surface area contributed by atoms with Crippen LogP contribution in [0.1, 0.15) is 26.7 Å². The summed E-state index contributed by atoms with van der Waals surface area (Å²) in [6, 6.07) is 0.364. The van der Waals surface area contributed by atoms with Crippen LogP contribution in [0.15, 0.2) is 0 Å². The van der Waals surface area contributed by atoms with E-state index in [4.69, 9.17) is 0 Å². The van der Waals surface area contributed by atoms with Crippen LogP contribution in [0, 0.1) is 5.92 Å². The van der Waals surface area contributed by atoms with E-state index in [-0.39, 0.29) is 5.92 Å². The smallest absolute Gasteiger partial charge is 0.228 e. The molecule has 0 aromatic rings. The van der Waals surface area contributed by atoms with Crippen LogP contribution in [0.4, 0.5) is 0 Å². The van der Waals surface area contributed by atoms with E-state index in [0.29, 0.717) is 19.1 Å². The fourth-order valence-electron chi connectivity index (χ4n) is 2.19. The maximum atomic E-state index is 12.0. The first kappa shape index (κ1) is 16.9. The van der Waals surface area contributed by atoms with Gasteiger partial charge in [-0.25, -0.2) is 21.1 Å². The highest BCUT2D eigenvalue weighted by atomic mass is 32.3. The number of piperidine rings is 1. The van der Waals surface area contributed by atoms with Gasteiger partial charge in [-0.1, -0.05) is 13.8 Å². The number of sulfonamides is 1. The van der Waals surface area contributed by atoms with Crippen molar-refractivity contribution in [2.24, 2.45) is 5.92 Å². The Morgan fingerprint density at radius 2 is 1.89 bits per heavy atom. The maximum Gasteiger partial charge on any atom is 0.228 e.